The molecule has 0 unspecified atom stereocenters. The molecule has 98 valence electrons. The van der Waals surface area contributed by atoms with Crippen LogP contribution in [0.5, 0.6) is 5.75 Å². The molecule has 6 heteroatoms. The molecule has 0 aromatic heterocycles. The molecule has 0 amide bonds. The van der Waals surface area contributed by atoms with Gasteiger partial charge < -0.3 is 14.7 Å². The molecule has 0 aliphatic carbocycles. The Kier molecular flexibility index (Phi) is 3.93. The molecule has 1 aromatic carbocycles. The Balaban J connectivity index is 3.06. The Morgan fingerprint density at radius 2 is 1.89 bits per heavy atom. The van der Waals surface area contributed by atoms with Crippen LogP contribution >= 0.6 is 0 Å². The lowest BCUT2D eigenvalue weighted by molar-refractivity contribution is 0.00686. The van der Waals surface area contributed by atoms with Crippen molar-refractivity contribution in [1.29, 1.82) is 0 Å². The molecule has 18 heavy (non-hydrogen) atoms. The molecule has 6 nitrogen and oxygen atoms in total. The summed E-state index contributed by atoms with van der Waals surface area (Å²) in [4.78, 5) is 27.0. The lowest BCUT2D eigenvalue weighted by Crippen LogP contribution is -2.24. The van der Waals surface area contributed by atoms with Crippen LogP contribution in [0.4, 0.5) is 0 Å². The molecular weight excluding hydrogens is 238 g/mol. The molecule has 0 saturated carbocycles. The fourth-order valence-electron chi connectivity index (χ4n) is 1.26. The third-order valence-corrected chi connectivity index (χ3v) is 1.97. The number of esters is 1. The van der Waals surface area contributed by atoms with Gasteiger partial charge in [-0.25, -0.2) is 9.59 Å². The highest BCUT2D eigenvalue weighted by molar-refractivity contribution is 5.95. The molecule has 0 bridgehead atoms. The van der Waals surface area contributed by atoms with Crippen LogP contribution in [0.1, 0.15) is 41.5 Å². The summed E-state index contributed by atoms with van der Waals surface area (Å²) in [5, 5.41) is 8.86. The highest BCUT2D eigenvalue weighted by Gasteiger charge is 2.20. The minimum Gasteiger partial charge on any atom is -0.478 e. The van der Waals surface area contributed by atoms with Gasteiger partial charge >= 0.3 is 11.9 Å². The molecule has 0 aliphatic heterocycles. The van der Waals surface area contributed by atoms with Crippen molar-refractivity contribution >= 4 is 11.9 Å². The number of aromatic carboxylic acids is 1. The maximum atomic E-state index is 11.7. The first-order chi connectivity index (χ1) is 8.24. The zero-order chi connectivity index (χ0) is 13.9. The van der Waals surface area contributed by atoms with E-state index in [0.717, 1.165) is 0 Å². The molecule has 0 aliphatic rings. The number of ether oxygens (including phenoxy) is 1. The summed E-state index contributed by atoms with van der Waals surface area (Å²) in [7, 11) is 0. The summed E-state index contributed by atoms with van der Waals surface area (Å²) >= 11 is 0. The minimum absolute atomic E-state index is 0.0918. The zero-order valence-corrected chi connectivity index (χ0v) is 10.4. The van der Waals surface area contributed by atoms with Gasteiger partial charge in [-0.05, 0) is 39.0 Å². The molecule has 0 fully saturated rings. The molecule has 0 spiro atoms. The molecule has 1 rings (SSSR count). The Labute approximate surface area is 104 Å². The Bertz CT molecular complexity index is 476. The fourth-order valence-corrected chi connectivity index (χ4v) is 1.26. The number of benzene rings is 1. The van der Waals surface area contributed by atoms with Crippen molar-refractivity contribution in [2.45, 2.75) is 26.4 Å². The second-order valence-electron chi connectivity index (χ2n) is 4.64. The van der Waals surface area contributed by atoms with Gasteiger partial charge in [0.15, 0.2) is 5.75 Å². The summed E-state index contributed by atoms with van der Waals surface area (Å²) < 4.78 is 5.14. The van der Waals surface area contributed by atoms with Gasteiger partial charge in [0.25, 0.3) is 0 Å². The second kappa shape index (κ2) is 5.05. The van der Waals surface area contributed by atoms with Gasteiger partial charge in [0.2, 0.25) is 0 Å². The predicted octanol–water partition coefficient (Wildman–Crippen LogP) is 1.59. The van der Waals surface area contributed by atoms with Gasteiger partial charge in [0.05, 0.1) is 5.56 Å². The SMILES string of the molecule is CC(C)(C)OC(=O)c1ccc(C(=O)O)c(ON)c1. The first-order valence-corrected chi connectivity index (χ1v) is 5.22. The van der Waals surface area contributed by atoms with Crippen molar-refractivity contribution < 1.29 is 24.3 Å². The standard InChI is InChI=1S/C12H15NO5/c1-12(2,3)17-11(16)7-4-5-8(10(14)15)9(6-7)18-13/h4-6H,13H2,1-3H3,(H,14,15). The van der Waals surface area contributed by atoms with Gasteiger partial charge in [-0.2, -0.15) is 5.90 Å². The van der Waals surface area contributed by atoms with E-state index in [1.54, 1.807) is 20.8 Å². The monoisotopic (exact) mass is 253 g/mol. The Morgan fingerprint density at radius 1 is 1.28 bits per heavy atom. The van der Waals surface area contributed by atoms with Crippen LogP contribution < -0.4 is 10.7 Å². The highest BCUT2D eigenvalue weighted by atomic mass is 16.6. The molecule has 0 radical (unpaired) electrons. The van der Waals surface area contributed by atoms with Crippen LogP contribution in [0.3, 0.4) is 0 Å². The summed E-state index contributed by atoms with van der Waals surface area (Å²) in [6.45, 7) is 5.20. The van der Waals surface area contributed by atoms with Crippen LogP contribution in [-0.2, 0) is 4.74 Å². The lowest BCUT2D eigenvalue weighted by atomic mass is 10.1. The van der Waals surface area contributed by atoms with Crippen LogP contribution in [0.2, 0.25) is 0 Å². The van der Waals surface area contributed by atoms with Crippen LogP contribution in [0, 0.1) is 0 Å². The molecule has 3 N–H and O–H groups in total. The summed E-state index contributed by atoms with van der Waals surface area (Å²) in [6, 6.07) is 3.82. The number of carboxylic acid groups (broad SMARTS) is 1. The van der Waals surface area contributed by atoms with Crippen LogP contribution in [0.25, 0.3) is 0 Å². The van der Waals surface area contributed by atoms with Crippen molar-refractivity contribution in [3.8, 4) is 5.75 Å². The molecule has 1 aromatic rings. The van der Waals surface area contributed by atoms with Crippen molar-refractivity contribution in [1.82, 2.24) is 0 Å². The molecule has 0 heterocycles. The third kappa shape index (κ3) is 3.46. The smallest absolute Gasteiger partial charge is 0.339 e. The average molecular weight is 253 g/mol. The quantitative estimate of drug-likeness (QED) is 0.627. The normalized spacial score (nSPS) is 10.9. The molecule has 0 saturated heterocycles. The fraction of sp³-hybridized carbons (Fsp3) is 0.333. The second-order valence-corrected chi connectivity index (χ2v) is 4.64. The number of nitrogens with two attached hydrogens (primary N) is 1. The van der Waals surface area contributed by atoms with E-state index in [0.29, 0.717) is 0 Å². The van der Waals surface area contributed by atoms with Gasteiger partial charge in [0.1, 0.15) is 11.2 Å². The van der Waals surface area contributed by atoms with Crippen molar-refractivity contribution in [2.75, 3.05) is 0 Å². The number of carboxylic acids is 1. The molecular formula is C12H15NO5. The number of hydrogen-bond acceptors (Lipinski definition) is 5. The van der Waals surface area contributed by atoms with Crippen LogP contribution in [0.15, 0.2) is 18.2 Å². The zero-order valence-electron chi connectivity index (χ0n) is 10.4. The number of hydrogen-bond donors (Lipinski definition) is 2. The maximum absolute atomic E-state index is 11.7. The Morgan fingerprint density at radius 3 is 2.33 bits per heavy atom. The first kappa shape index (κ1) is 14.0. The summed E-state index contributed by atoms with van der Waals surface area (Å²) in [6.07, 6.45) is 0. The van der Waals surface area contributed by atoms with Crippen molar-refractivity contribution in [3.63, 3.8) is 0 Å². The number of carbonyl (C=O) groups excluding carboxylic acids is 1. The first-order valence-electron chi connectivity index (χ1n) is 5.22. The Hall–Kier alpha value is -2.08. The van der Waals surface area contributed by atoms with Gasteiger partial charge in [-0.15, -0.1) is 0 Å². The average Bonchev–Trinajstić information content (AvgIpc) is 2.25. The van der Waals surface area contributed by atoms with Crippen molar-refractivity contribution in [3.05, 3.63) is 29.3 Å². The summed E-state index contributed by atoms with van der Waals surface area (Å²) in [5.41, 5.74) is -0.577. The number of rotatable bonds is 3. The van der Waals surface area contributed by atoms with Gasteiger partial charge in [-0.3, -0.25) is 0 Å². The van der Waals surface area contributed by atoms with E-state index >= 15 is 0 Å². The predicted molar refractivity (Wildman–Crippen MR) is 63.4 cm³/mol. The van der Waals surface area contributed by atoms with Crippen LogP contribution in [-0.4, -0.2) is 22.6 Å². The minimum atomic E-state index is -1.19. The van der Waals surface area contributed by atoms with Gasteiger partial charge in [-0.1, -0.05) is 0 Å². The van der Waals surface area contributed by atoms with E-state index < -0.39 is 17.5 Å². The molecule has 0 atom stereocenters. The highest BCUT2D eigenvalue weighted by Crippen LogP contribution is 2.21. The van der Waals surface area contributed by atoms with E-state index in [4.69, 9.17) is 15.7 Å². The van der Waals surface area contributed by atoms with E-state index in [9.17, 15) is 9.59 Å². The van der Waals surface area contributed by atoms with E-state index in [1.165, 1.54) is 18.2 Å². The lowest BCUT2D eigenvalue weighted by Gasteiger charge is -2.19. The maximum Gasteiger partial charge on any atom is 0.339 e. The van der Waals surface area contributed by atoms with E-state index in [-0.39, 0.29) is 16.9 Å². The topological polar surface area (TPSA) is 98.9 Å². The van der Waals surface area contributed by atoms with Crippen molar-refractivity contribution in [2.24, 2.45) is 5.90 Å². The third-order valence-electron chi connectivity index (χ3n) is 1.97. The van der Waals surface area contributed by atoms with E-state index in [2.05, 4.69) is 4.84 Å². The largest absolute Gasteiger partial charge is 0.478 e. The summed E-state index contributed by atoms with van der Waals surface area (Å²) in [5.74, 6) is 3.12. The number of carbonyl (C=O) groups is 2. The van der Waals surface area contributed by atoms with E-state index in [1.807, 2.05) is 0 Å². The van der Waals surface area contributed by atoms with Gasteiger partial charge in [0, 0.05) is 0 Å².